The number of hydrogen-bond acceptors (Lipinski definition) is 5. The number of nitrogens with one attached hydrogen (secondary N) is 1. The Hall–Kier alpha value is -4.58. The summed E-state index contributed by atoms with van der Waals surface area (Å²) in [6.45, 7) is 3.31. The van der Waals surface area contributed by atoms with Gasteiger partial charge in [-0.05, 0) is 49.4 Å². The number of carbonyl (C=O) groups excluding carboxylic acids is 1. The molecule has 1 saturated heterocycles. The normalized spacial score (nSPS) is 15.6. The minimum atomic E-state index is -0.655. The van der Waals surface area contributed by atoms with Gasteiger partial charge in [0.15, 0.2) is 5.82 Å². The maximum absolute atomic E-state index is 14.2. The van der Waals surface area contributed by atoms with Gasteiger partial charge in [0.2, 0.25) is 0 Å². The Labute approximate surface area is 206 Å². The highest BCUT2D eigenvalue weighted by atomic mass is 19.1. The zero-order valence-electron chi connectivity index (χ0n) is 19.4. The molecule has 4 aromatic rings. The second kappa shape index (κ2) is 9.58. The number of benzene rings is 3. The summed E-state index contributed by atoms with van der Waals surface area (Å²) in [6.07, 6.45) is 0. The van der Waals surface area contributed by atoms with E-state index < -0.39 is 11.8 Å². The Kier molecular flexibility index (Phi) is 6.17. The van der Waals surface area contributed by atoms with E-state index in [4.69, 9.17) is 5.26 Å². The highest BCUT2D eigenvalue weighted by Gasteiger charge is 2.29. The fraction of sp³-hybridized carbons (Fsp3) is 0.185. The number of rotatable bonds is 3. The first kappa shape index (κ1) is 23.2. The molecule has 3 aromatic carbocycles. The minimum Gasteiger partial charge on any atom is -0.348 e. The van der Waals surface area contributed by atoms with E-state index in [9.17, 15) is 13.6 Å². The molecule has 7 nitrogen and oxygen atoms in total. The standard InChI is InChI=1S/C27H22F2N6O/c1-17-16-34(27(36)31-24-11-6-18(15-30)14-23(24)29)12-13-35(17)26-22-5-3-2-4-21(22)25(32-33-26)19-7-9-20(28)10-8-19/h2-11,14,17H,12-13,16H2,1H3,(H,31,36). The number of amides is 2. The molecule has 5 rings (SSSR count). The van der Waals surface area contributed by atoms with E-state index in [0.717, 1.165) is 22.4 Å². The Balaban J connectivity index is 1.36. The molecular weight excluding hydrogens is 462 g/mol. The second-order valence-corrected chi connectivity index (χ2v) is 8.65. The van der Waals surface area contributed by atoms with Crippen LogP contribution in [-0.2, 0) is 0 Å². The molecule has 0 bridgehead atoms. The predicted octanol–water partition coefficient (Wildman–Crippen LogP) is 5.19. The van der Waals surface area contributed by atoms with Gasteiger partial charge in [-0.3, -0.25) is 0 Å². The van der Waals surface area contributed by atoms with Gasteiger partial charge in [0.25, 0.3) is 0 Å². The van der Waals surface area contributed by atoms with E-state index in [0.29, 0.717) is 31.1 Å². The molecule has 2 amide bonds. The SMILES string of the molecule is CC1CN(C(=O)Nc2ccc(C#N)cc2F)CCN1c1nnc(-c2ccc(F)cc2)c2ccccc12. The van der Waals surface area contributed by atoms with Crippen LogP contribution in [0.4, 0.5) is 25.1 Å². The zero-order chi connectivity index (χ0) is 25.2. The summed E-state index contributed by atoms with van der Waals surface area (Å²) >= 11 is 0. The molecule has 2 heterocycles. The summed E-state index contributed by atoms with van der Waals surface area (Å²) in [5.41, 5.74) is 1.66. The van der Waals surface area contributed by atoms with Crippen LogP contribution in [0.1, 0.15) is 12.5 Å². The summed E-state index contributed by atoms with van der Waals surface area (Å²) in [7, 11) is 0. The first-order valence-corrected chi connectivity index (χ1v) is 11.5. The van der Waals surface area contributed by atoms with Crippen molar-refractivity contribution in [3.63, 3.8) is 0 Å². The van der Waals surface area contributed by atoms with Gasteiger partial charge < -0.3 is 15.1 Å². The zero-order valence-corrected chi connectivity index (χ0v) is 19.4. The summed E-state index contributed by atoms with van der Waals surface area (Å²) in [4.78, 5) is 16.5. The van der Waals surface area contributed by atoms with Crippen molar-refractivity contribution < 1.29 is 13.6 Å². The van der Waals surface area contributed by atoms with Crippen LogP contribution >= 0.6 is 0 Å². The maximum Gasteiger partial charge on any atom is 0.322 e. The number of aromatic nitrogens is 2. The van der Waals surface area contributed by atoms with Crippen molar-refractivity contribution in [3.05, 3.63) is 83.9 Å². The van der Waals surface area contributed by atoms with Crippen molar-refractivity contribution in [1.82, 2.24) is 15.1 Å². The number of carbonyl (C=O) groups is 1. The van der Waals surface area contributed by atoms with Crippen LogP contribution in [0.25, 0.3) is 22.0 Å². The van der Waals surface area contributed by atoms with E-state index in [-0.39, 0.29) is 23.1 Å². The van der Waals surface area contributed by atoms with Gasteiger partial charge in [-0.2, -0.15) is 5.26 Å². The molecule has 1 aromatic heterocycles. The predicted molar refractivity (Wildman–Crippen MR) is 133 cm³/mol. The third-order valence-corrected chi connectivity index (χ3v) is 6.31. The highest BCUT2D eigenvalue weighted by molar-refractivity contribution is 6.00. The monoisotopic (exact) mass is 484 g/mol. The van der Waals surface area contributed by atoms with E-state index in [1.54, 1.807) is 17.0 Å². The molecule has 0 saturated carbocycles. The topological polar surface area (TPSA) is 85.2 Å². The van der Waals surface area contributed by atoms with Gasteiger partial charge in [-0.15, -0.1) is 10.2 Å². The lowest BCUT2D eigenvalue weighted by Gasteiger charge is -2.40. The molecule has 1 unspecified atom stereocenters. The Bertz CT molecular complexity index is 1480. The third kappa shape index (κ3) is 4.41. The largest absolute Gasteiger partial charge is 0.348 e. The molecule has 1 N–H and O–H groups in total. The fourth-order valence-electron chi connectivity index (χ4n) is 4.46. The van der Waals surface area contributed by atoms with E-state index in [1.807, 2.05) is 37.3 Å². The van der Waals surface area contributed by atoms with Gasteiger partial charge in [0.1, 0.15) is 17.3 Å². The number of urea groups is 1. The van der Waals surface area contributed by atoms with Crippen LogP contribution in [0.2, 0.25) is 0 Å². The number of piperazine rings is 1. The van der Waals surface area contributed by atoms with Crippen LogP contribution in [0.3, 0.4) is 0 Å². The minimum absolute atomic E-state index is 0.0299. The first-order chi connectivity index (χ1) is 17.4. The molecule has 36 heavy (non-hydrogen) atoms. The average Bonchev–Trinajstić information content (AvgIpc) is 2.90. The molecule has 1 aliphatic rings. The van der Waals surface area contributed by atoms with Crippen LogP contribution in [0.5, 0.6) is 0 Å². The Morgan fingerprint density at radius 2 is 1.78 bits per heavy atom. The first-order valence-electron chi connectivity index (χ1n) is 11.5. The van der Waals surface area contributed by atoms with Crippen LogP contribution < -0.4 is 10.2 Å². The quantitative estimate of drug-likeness (QED) is 0.433. The van der Waals surface area contributed by atoms with Gasteiger partial charge in [0.05, 0.1) is 17.3 Å². The molecule has 1 fully saturated rings. The summed E-state index contributed by atoms with van der Waals surface area (Å²) in [6, 6.07) is 19.3. The van der Waals surface area contributed by atoms with Crippen LogP contribution in [0, 0.1) is 23.0 Å². The number of halogens is 2. The number of fused-ring (bicyclic) bond motifs is 1. The molecule has 0 radical (unpaired) electrons. The number of anilines is 2. The van der Waals surface area contributed by atoms with Crippen molar-refractivity contribution in [2.24, 2.45) is 0 Å². The van der Waals surface area contributed by atoms with Crippen LogP contribution in [-0.4, -0.2) is 46.8 Å². The molecular formula is C27H22F2N6O. The lowest BCUT2D eigenvalue weighted by molar-refractivity contribution is 0.200. The van der Waals surface area contributed by atoms with Gasteiger partial charge in [0, 0.05) is 42.0 Å². The lowest BCUT2D eigenvalue weighted by atomic mass is 10.0. The van der Waals surface area contributed by atoms with Gasteiger partial charge in [-0.1, -0.05) is 24.3 Å². The average molecular weight is 485 g/mol. The molecule has 180 valence electrons. The summed E-state index contributed by atoms with van der Waals surface area (Å²) in [5.74, 6) is -0.260. The maximum atomic E-state index is 14.2. The fourth-order valence-corrected chi connectivity index (χ4v) is 4.46. The number of nitrogens with zero attached hydrogens (tertiary/aromatic N) is 5. The van der Waals surface area contributed by atoms with Crippen molar-refractivity contribution >= 4 is 28.3 Å². The van der Waals surface area contributed by atoms with Gasteiger partial charge >= 0.3 is 6.03 Å². The van der Waals surface area contributed by atoms with E-state index >= 15 is 0 Å². The Morgan fingerprint density at radius 3 is 2.47 bits per heavy atom. The van der Waals surface area contributed by atoms with Crippen molar-refractivity contribution in [1.29, 1.82) is 5.26 Å². The third-order valence-electron chi connectivity index (χ3n) is 6.31. The smallest absolute Gasteiger partial charge is 0.322 e. The molecule has 1 aliphatic heterocycles. The van der Waals surface area contributed by atoms with Gasteiger partial charge in [-0.25, -0.2) is 13.6 Å². The molecule has 9 heteroatoms. The lowest BCUT2D eigenvalue weighted by Crippen LogP contribution is -2.55. The van der Waals surface area contributed by atoms with Crippen molar-refractivity contribution in [3.8, 4) is 17.3 Å². The van der Waals surface area contributed by atoms with Crippen molar-refractivity contribution in [2.75, 3.05) is 29.9 Å². The van der Waals surface area contributed by atoms with E-state index in [2.05, 4.69) is 20.4 Å². The number of hydrogen-bond donors (Lipinski definition) is 1. The highest BCUT2D eigenvalue weighted by Crippen LogP contribution is 2.33. The summed E-state index contributed by atoms with van der Waals surface area (Å²) in [5, 5.41) is 22.3. The Morgan fingerprint density at radius 1 is 1.03 bits per heavy atom. The van der Waals surface area contributed by atoms with E-state index in [1.165, 1.54) is 24.3 Å². The van der Waals surface area contributed by atoms with Crippen molar-refractivity contribution in [2.45, 2.75) is 13.0 Å². The second-order valence-electron chi connectivity index (χ2n) is 8.65. The summed E-state index contributed by atoms with van der Waals surface area (Å²) < 4.78 is 27.6. The number of nitriles is 1. The van der Waals surface area contributed by atoms with Crippen LogP contribution in [0.15, 0.2) is 66.7 Å². The molecule has 0 aliphatic carbocycles. The molecule has 0 spiro atoms. The molecule has 1 atom stereocenters.